The fraction of sp³-hybridized carbons (Fsp3) is 0.529. The first kappa shape index (κ1) is 17.0. The minimum atomic E-state index is -0.565. The van der Waals surface area contributed by atoms with Crippen LogP contribution in [0.25, 0.3) is 11.0 Å². The summed E-state index contributed by atoms with van der Waals surface area (Å²) in [6, 6.07) is 1.71. The molecule has 3 rings (SSSR count). The maximum absolute atomic E-state index is 12.0. The van der Waals surface area contributed by atoms with Gasteiger partial charge < -0.3 is 18.6 Å². The van der Waals surface area contributed by atoms with Gasteiger partial charge in [-0.1, -0.05) is 0 Å². The van der Waals surface area contributed by atoms with Gasteiger partial charge in [-0.15, -0.1) is 0 Å². The lowest BCUT2D eigenvalue weighted by atomic mass is 9.76. The number of esters is 1. The number of aromatic nitrogens is 2. The van der Waals surface area contributed by atoms with Gasteiger partial charge in [-0.05, 0) is 51.7 Å². The van der Waals surface area contributed by atoms with Crippen LogP contribution in [0.5, 0.6) is 0 Å². The van der Waals surface area contributed by atoms with E-state index in [1.165, 1.54) is 7.11 Å². The van der Waals surface area contributed by atoms with Gasteiger partial charge in [0.2, 0.25) is 0 Å². The van der Waals surface area contributed by atoms with E-state index >= 15 is 0 Å². The summed E-state index contributed by atoms with van der Waals surface area (Å²) in [4.78, 5) is 16.5. The summed E-state index contributed by atoms with van der Waals surface area (Å²) in [6.07, 6.45) is 1.98. The molecule has 3 heterocycles. The predicted octanol–water partition coefficient (Wildman–Crippen LogP) is 1.97. The second-order valence-corrected chi connectivity index (χ2v) is 7.30. The molecule has 0 bridgehead atoms. The lowest BCUT2D eigenvalue weighted by Gasteiger charge is -2.32. The molecule has 128 valence electrons. The smallest absolute Gasteiger partial charge is 0.464 e. The molecule has 1 saturated heterocycles. The third-order valence-corrected chi connectivity index (χ3v) is 5.05. The molecule has 0 aliphatic carbocycles. The summed E-state index contributed by atoms with van der Waals surface area (Å²) in [6.45, 7) is 10.0. The summed E-state index contributed by atoms with van der Waals surface area (Å²) in [5, 5.41) is 0.948. The van der Waals surface area contributed by atoms with Crippen molar-refractivity contribution in [3.05, 3.63) is 23.5 Å². The standard InChI is InChI=1S/C17H23BN2O4/c1-10-9-20(6)14-13(10)11(8-12(19-14)15(21)22-7)18-23-16(2,3)17(4,5)24-18/h8-9H,1-7H3. The Morgan fingerprint density at radius 3 is 2.38 bits per heavy atom. The number of rotatable bonds is 2. The van der Waals surface area contributed by atoms with Crippen molar-refractivity contribution in [1.29, 1.82) is 0 Å². The molecule has 7 heteroatoms. The zero-order valence-electron chi connectivity index (χ0n) is 15.3. The highest BCUT2D eigenvalue weighted by molar-refractivity contribution is 6.65. The Morgan fingerprint density at radius 2 is 1.83 bits per heavy atom. The molecule has 1 aliphatic heterocycles. The molecule has 0 amide bonds. The molecule has 2 aromatic rings. The molecule has 24 heavy (non-hydrogen) atoms. The molecule has 0 radical (unpaired) electrons. The number of fused-ring (bicyclic) bond motifs is 1. The van der Waals surface area contributed by atoms with Gasteiger partial charge in [-0.2, -0.15) is 0 Å². The fourth-order valence-electron chi connectivity index (χ4n) is 2.99. The van der Waals surface area contributed by atoms with Crippen molar-refractivity contribution in [3.63, 3.8) is 0 Å². The molecule has 0 spiro atoms. The number of aryl methyl sites for hydroxylation is 2. The lowest BCUT2D eigenvalue weighted by molar-refractivity contribution is 0.00578. The first-order valence-electron chi connectivity index (χ1n) is 7.98. The summed E-state index contributed by atoms with van der Waals surface area (Å²) < 4.78 is 19.1. The van der Waals surface area contributed by atoms with E-state index in [2.05, 4.69) is 4.98 Å². The number of hydrogen-bond donors (Lipinski definition) is 0. The van der Waals surface area contributed by atoms with E-state index in [1.807, 2.05) is 52.4 Å². The van der Waals surface area contributed by atoms with Crippen LogP contribution in [-0.2, 0) is 21.1 Å². The largest absolute Gasteiger partial charge is 0.495 e. The molecular formula is C17H23BN2O4. The van der Waals surface area contributed by atoms with Gasteiger partial charge >= 0.3 is 13.1 Å². The number of carbonyl (C=O) groups excluding carboxylic acids is 1. The van der Waals surface area contributed by atoms with Crippen LogP contribution in [0.3, 0.4) is 0 Å². The average Bonchev–Trinajstić information content (AvgIpc) is 2.90. The van der Waals surface area contributed by atoms with Crippen molar-refractivity contribution < 1.29 is 18.8 Å². The Morgan fingerprint density at radius 1 is 1.25 bits per heavy atom. The van der Waals surface area contributed by atoms with Crippen LogP contribution in [0.4, 0.5) is 0 Å². The van der Waals surface area contributed by atoms with E-state index in [-0.39, 0.29) is 5.69 Å². The lowest BCUT2D eigenvalue weighted by Crippen LogP contribution is -2.41. The van der Waals surface area contributed by atoms with E-state index in [4.69, 9.17) is 14.0 Å². The van der Waals surface area contributed by atoms with Crippen LogP contribution in [0, 0.1) is 6.92 Å². The summed E-state index contributed by atoms with van der Waals surface area (Å²) in [7, 11) is 2.68. The molecule has 0 unspecified atom stereocenters. The van der Waals surface area contributed by atoms with Crippen LogP contribution in [-0.4, -0.2) is 41.0 Å². The number of ether oxygens (including phenoxy) is 1. The highest BCUT2D eigenvalue weighted by atomic mass is 16.7. The van der Waals surface area contributed by atoms with Gasteiger partial charge in [-0.3, -0.25) is 0 Å². The maximum atomic E-state index is 12.0. The third kappa shape index (κ3) is 2.43. The number of nitrogens with zero attached hydrogens (tertiary/aromatic N) is 2. The van der Waals surface area contributed by atoms with Gasteiger partial charge in [-0.25, -0.2) is 9.78 Å². The van der Waals surface area contributed by atoms with Crippen LogP contribution in [0.1, 0.15) is 43.7 Å². The Labute approximate surface area is 142 Å². The SMILES string of the molecule is COC(=O)c1cc(B2OC(C)(C)C(C)(C)O2)c2c(C)cn(C)c2n1. The van der Waals surface area contributed by atoms with Crippen LogP contribution < -0.4 is 5.46 Å². The van der Waals surface area contributed by atoms with Crippen molar-refractivity contribution in [1.82, 2.24) is 9.55 Å². The highest BCUT2D eigenvalue weighted by Gasteiger charge is 2.52. The quantitative estimate of drug-likeness (QED) is 0.622. The van der Waals surface area contributed by atoms with Crippen molar-refractivity contribution in [2.24, 2.45) is 7.05 Å². The molecule has 0 N–H and O–H groups in total. The van der Waals surface area contributed by atoms with Gasteiger partial charge in [0.05, 0.1) is 18.3 Å². The Balaban J connectivity index is 2.22. The highest BCUT2D eigenvalue weighted by Crippen LogP contribution is 2.37. The van der Waals surface area contributed by atoms with Crippen molar-refractivity contribution >= 4 is 29.6 Å². The predicted molar refractivity (Wildman–Crippen MR) is 92.5 cm³/mol. The van der Waals surface area contributed by atoms with E-state index in [1.54, 1.807) is 6.07 Å². The summed E-state index contributed by atoms with van der Waals surface area (Å²) >= 11 is 0. The van der Waals surface area contributed by atoms with Crippen LogP contribution >= 0.6 is 0 Å². The number of hydrogen-bond acceptors (Lipinski definition) is 5. The monoisotopic (exact) mass is 330 g/mol. The second-order valence-electron chi connectivity index (χ2n) is 7.30. The normalized spacial score (nSPS) is 19.0. The van der Waals surface area contributed by atoms with Gasteiger partial charge in [0.1, 0.15) is 5.65 Å². The molecule has 0 saturated carbocycles. The zero-order chi connectivity index (χ0) is 17.9. The van der Waals surface area contributed by atoms with E-state index in [0.717, 1.165) is 16.4 Å². The van der Waals surface area contributed by atoms with E-state index < -0.39 is 24.3 Å². The van der Waals surface area contributed by atoms with Crippen molar-refractivity contribution in [2.75, 3.05) is 7.11 Å². The minimum Gasteiger partial charge on any atom is -0.464 e. The molecule has 1 fully saturated rings. The zero-order valence-corrected chi connectivity index (χ0v) is 15.3. The topological polar surface area (TPSA) is 62.6 Å². The van der Waals surface area contributed by atoms with Crippen molar-refractivity contribution in [3.8, 4) is 0 Å². The molecule has 1 aliphatic rings. The molecule has 0 atom stereocenters. The van der Waals surface area contributed by atoms with Gasteiger partial charge in [0, 0.05) is 18.6 Å². The molecule has 2 aromatic heterocycles. The van der Waals surface area contributed by atoms with E-state index in [0.29, 0.717) is 5.65 Å². The van der Waals surface area contributed by atoms with Gasteiger partial charge in [0.15, 0.2) is 5.69 Å². The van der Waals surface area contributed by atoms with Crippen LogP contribution in [0.2, 0.25) is 0 Å². The first-order chi connectivity index (χ1) is 11.1. The average molecular weight is 330 g/mol. The molecule has 0 aromatic carbocycles. The second kappa shape index (κ2) is 5.32. The van der Waals surface area contributed by atoms with Crippen LogP contribution in [0.15, 0.2) is 12.3 Å². The number of carbonyl (C=O) groups is 1. The minimum absolute atomic E-state index is 0.246. The first-order valence-corrected chi connectivity index (χ1v) is 7.98. The van der Waals surface area contributed by atoms with E-state index in [9.17, 15) is 4.79 Å². The summed E-state index contributed by atoms with van der Waals surface area (Å²) in [5.41, 5.74) is 1.90. The Kier molecular flexibility index (Phi) is 3.77. The Hall–Kier alpha value is -1.86. The maximum Gasteiger partial charge on any atom is 0.495 e. The number of methoxy groups -OCH3 is 1. The van der Waals surface area contributed by atoms with Crippen molar-refractivity contribution in [2.45, 2.75) is 45.8 Å². The third-order valence-electron chi connectivity index (χ3n) is 5.05. The Bertz CT molecular complexity index is 810. The molecular weight excluding hydrogens is 307 g/mol. The molecule has 6 nitrogen and oxygen atoms in total. The van der Waals surface area contributed by atoms with Gasteiger partial charge in [0.25, 0.3) is 0 Å². The number of pyridine rings is 1. The summed E-state index contributed by atoms with van der Waals surface area (Å²) in [5.74, 6) is -0.478. The fourth-order valence-corrected chi connectivity index (χ4v) is 2.99.